The van der Waals surface area contributed by atoms with Gasteiger partial charge in [0.2, 0.25) is 0 Å². The van der Waals surface area contributed by atoms with Crippen LogP contribution < -0.4 is 4.90 Å². The van der Waals surface area contributed by atoms with Crippen LogP contribution in [0.5, 0.6) is 0 Å². The average molecular weight is 506 g/mol. The third-order valence-electron chi connectivity index (χ3n) is 6.35. The summed E-state index contributed by atoms with van der Waals surface area (Å²) in [6.07, 6.45) is 1.61. The molecule has 1 heterocycles. The smallest absolute Gasteiger partial charge is 0.290 e. The minimum absolute atomic E-state index is 0.115. The van der Waals surface area contributed by atoms with Crippen molar-refractivity contribution >= 4 is 18.1 Å². The van der Waals surface area contributed by atoms with E-state index >= 15 is 0 Å². The summed E-state index contributed by atoms with van der Waals surface area (Å²) in [6, 6.07) is 16.6. The molecule has 0 aromatic heterocycles. The number of amides is 1. The molecule has 1 atom stereocenters. The van der Waals surface area contributed by atoms with Crippen LogP contribution in [0.15, 0.2) is 54.6 Å². The Bertz CT molecular complexity index is 1260. The zero-order valence-corrected chi connectivity index (χ0v) is 22.5. The van der Waals surface area contributed by atoms with Crippen molar-refractivity contribution in [1.82, 2.24) is 0 Å². The molecule has 0 fully saturated rings. The summed E-state index contributed by atoms with van der Waals surface area (Å²) in [5.41, 5.74) is 7.90. The largest absolute Gasteiger partial charge is 0.483 e. The van der Waals surface area contributed by atoms with Crippen LogP contribution in [-0.4, -0.2) is 29.6 Å². The van der Waals surface area contributed by atoms with Gasteiger partial charge in [0.15, 0.2) is 0 Å². The maximum atomic E-state index is 13.9. The highest BCUT2D eigenvalue weighted by Crippen LogP contribution is 2.44. The van der Waals surface area contributed by atoms with Gasteiger partial charge in [-0.05, 0) is 106 Å². The van der Waals surface area contributed by atoms with E-state index in [2.05, 4.69) is 71.9 Å². The number of benzene rings is 3. The van der Waals surface area contributed by atoms with Crippen molar-refractivity contribution in [3.8, 4) is 11.1 Å². The third kappa shape index (κ3) is 6.63. The molecule has 0 saturated carbocycles. The number of nitrogens with zero attached hydrogens (tertiary/aromatic N) is 1. The third-order valence-corrected chi connectivity index (χ3v) is 6.35. The molecule has 196 valence electrons. The van der Waals surface area contributed by atoms with Gasteiger partial charge in [0.25, 0.3) is 12.4 Å². The van der Waals surface area contributed by atoms with Gasteiger partial charge >= 0.3 is 0 Å². The van der Waals surface area contributed by atoms with E-state index < -0.39 is 5.82 Å². The van der Waals surface area contributed by atoms with E-state index in [0.717, 1.165) is 46.3 Å². The van der Waals surface area contributed by atoms with Gasteiger partial charge in [0.1, 0.15) is 5.82 Å². The van der Waals surface area contributed by atoms with Crippen LogP contribution in [-0.2, 0) is 16.0 Å². The van der Waals surface area contributed by atoms with Gasteiger partial charge in [-0.3, -0.25) is 9.59 Å². The van der Waals surface area contributed by atoms with E-state index in [0.29, 0.717) is 12.1 Å². The van der Waals surface area contributed by atoms with E-state index in [1.54, 1.807) is 12.1 Å². The Morgan fingerprint density at radius 3 is 2.35 bits per heavy atom. The number of rotatable bonds is 4. The van der Waals surface area contributed by atoms with Crippen molar-refractivity contribution in [3.63, 3.8) is 0 Å². The summed E-state index contributed by atoms with van der Waals surface area (Å²) in [5, 5.41) is 6.89. The molecule has 37 heavy (non-hydrogen) atoms. The van der Waals surface area contributed by atoms with Gasteiger partial charge in [-0.25, -0.2) is 4.39 Å². The molecule has 3 aromatic carbocycles. The maximum absolute atomic E-state index is 13.9. The summed E-state index contributed by atoms with van der Waals surface area (Å²) in [6.45, 7) is 12.9. The molecule has 0 aliphatic carbocycles. The summed E-state index contributed by atoms with van der Waals surface area (Å²) < 4.78 is 20.3. The molecule has 0 bridgehead atoms. The fourth-order valence-corrected chi connectivity index (χ4v) is 5.04. The average Bonchev–Trinajstić information content (AvgIpc) is 2.82. The number of fused-ring (bicyclic) bond motifs is 1. The van der Waals surface area contributed by atoms with Crippen molar-refractivity contribution in [2.45, 2.75) is 66.1 Å². The number of carbonyl (C=O) groups excluding carboxylic acids is 1. The number of hydrogen-bond acceptors (Lipinski definition) is 3. The predicted molar refractivity (Wildman–Crippen MR) is 146 cm³/mol. The van der Waals surface area contributed by atoms with Gasteiger partial charge in [0, 0.05) is 17.8 Å². The highest BCUT2D eigenvalue weighted by molar-refractivity contribution is 6.07. The fourth-order valence-electron chi connectivity index (χ4n) is 5.04. The molecule has 6 heteroatoms. The van der Waals surface area contributed by atoms with Gasteiger partial charge in [-0.1, -0.05) is 35.9 Å². The maximum Gasteiger partial charge on any atom is 0.290 e. The Kier molecular flexibility index (Phi) is 8.87. The van der Waals surface area contributed by atoms with E-state index in [4.69, 9.17) is 14.6 Å². The van der Waals surface area contributed by atoms with Gasteiger partial charge in [0.05, 0.1) is 11.7 Å². The minimum atomic E-state index is -0.400. The van der Waals surface area contributed by atoms with Crippen molar-refractivity contribution in [1.29, 1.82) is 0 Å². The lowest BCUT2D eigenvalue weighted by molar-refractivity contribution is -0.122. The number of halogens is 1. The molecule has 1 aliphatic heterocycles. The second-order valence-electron chi connectivity index (χ2n) is 10.4. The molecule has 5 nitrogen and oxygen atoms in total. The molecule has 4 rings (SSSR count). The lowest BCUT2D eigenvalue weighted by Gasteiger charge is -2.35. The monoisotopic (exact) mass is 505 g/mol. The first-order valence-corrected chi connectivity index (χ1v) is 12.5. The second-order valence-corrected chi connectivity index (χ2v) is 10.4. The van der Waals surface area contributed by atoms with E-state index in [-0.39, 0.29) is 24.1 Å². The SMILES string of the molecule is Cc1ccc(-c2c3c(cc(C)c2C(C)OC(C)(C)C)N(C(=O)c2cccc(F)c2)CCC3)cc1.O=CO. The van der Waals surface area contributed by atoms with E-state index in [1.807, 2.05) is 4.90 Å². The number of hydrogen-bond donors (Lipinski definition) is 1. The van der Waals surface area contributed by atoms with Crippen molar-refractivity contribution in [3.05, 3.63) is 88.2 Å². The van der Waals surface area contributed by atoms with Crippen molar-refractivity contribution < 1.29 is 23.8 Å². The van der Waals surface area contributed by atoms with Crippen LogP contribution in [0.1, 0.15) is 72.8 Å². The Labute approximate surface area is 218 Å². The molecule has 1 unspecified atom stereocenters. The lowest BCUT2D eigenvalue weighted by atomic mass is 9.83. The first kappa shape index (κ1) is 28.1. The quantitative estimate of drug-likeness (QED) is 0.378. The lowest BCUT2D eigenvalue weighted by Crippen LogP contribution is -2.36. The summed E-state index contributed by atoms with van der Waals surface area (Å²) in [7, 11) is 0. The second kappa shape index (κ2) is 11.7. The fraction of sp³-hybridized carbons (Fsp3) is 0.355. The molecule has 1 aliphatic rings. The Balaban J connectivity index is 0.00000121. The summed E-state index contributed by atoms with van der Waals surface area (Å²) in [5.74, 6) is -0.565. The van der Waals surface area contributed by atoms with E-state index in [1.165, 1.54) is 17.7 Å². The Morgan fingerprint density at radius 2 is 1.76 bits per heavy atom. The normalized spacial score (nSPS) is 13.8. The molecule has 0 spiro atoms. The summed E-state index contributed by atoms with van der Waals surface area (Å²) in [4.78, 5) is 23.6. The molecule has 1 amide bonds. The van der Waals surface area contributed by atoms with Crippen LogP contribution in [0.3, 0.4) is 0 Å². The predicted octanol–water partition coefficient (Wildman–Crippen LogP) is 7.28. The number of carboxylic acid groups (broad SMARTS) is 1. The number of aryl methyl sites for hydroxylation is 2. The highest BCUT2D eigenvalue weighted by atomic mass is 19.1. The van der Waals surface area contributed by atoms with Crippen LogP contribution in [0.25, 0.3) is 11.1 Å². The van der Waals surface area contributed by atoms with Crippen molar-refractivity contribution in [2.75, 3.05) is 11.4 Å². The van der Waals surface area contributed by atoms with Gasteiger partial charge in [-0.2, -0.15) is 0 Å². The standard InChI is InChI=1S/C30H34FNO2.CH2O2/c1-19-12-14-22(15-13-19)28-25-11-8-16-32(29(33)23-9-7-10-24(31)18-23)26(25)17-20(2)27(28)21(3)34-30(4,5)6;2-1-3/h7,9-10,12-15,17-18,21H,8,11,16H2,1-6H3;1H,(H,2,3). The molecular formula is C31H36FNO4. The molecule has 3 aromatic rings. The number of anilines is 1. The zero-order valence-electron chi connectivity index (χ0n) is 22.5. The number of ether oxygens (including phenoxy) is 1. The minimum Gasteiger partial charge on any atom is -0.483 e. The Hall–Kier alpha value is -3.51. The topological polar surface area (TPSA) is 66.8 Å². The first-order chi connectivity index (χ1) is 17.5. The van der Waals surface area contributed by atoms with Crippen LogP contribution in [0, 0.1) is 19.7 Å². The molecule has 1 N–H and O–H groups in total. The van der Waals surface area contributed by atoms with Crippen molar-refractivity contribution in [2.24, 2.45) is 0 Å². The van der Waals surface area contributed by atoms with E-state index in [9.17, 15) is 9.18 Å². The first-order valence-electron chi connectivity index (χ1n) is 12.5. The number of carbonyl (C=O) groups is 2. The van der Waals surface area contributed by atoms with Gasteiger partial charge in [-0.15, -0.1) is 0 Å². The molecular weight excluding hydrogens is 469 g/mol. The molecule has 0 radical (unpaired) electrons. The highest BCUT2D eigenvalue weighted by Gasteiger charge is 2.30. The summed E-state index contributed by atoms with van der Waals surface area (Å²) >= 11 is 0. The Morgan fingerprint density at radius 1 is 1.11 bits per heavy atom. The van der Waals surface area contributed by atoms with Crippen LogP contribution in [0.2, 0.25) is 0 Å². The van der Waals surface area contributed by atoms with Gasteiger partial charge < -0.3 is 14.7 Å². The zero-order chi connectivity index (χ0) is 27.3. The van der Waals surface area contributed by atoms with Crippen LogP contribution in [0.4, 0.5) is 10.1 Å². The van der Waals surface area contributed by atoms with Crippen LogP contribution >= 0.6 is 0 Å². The molecule has 0 saturated heterocycles.